The third kappa shape index (κ3) is 11.0. The average molecular weight is 461 g/mol. The van der Waals surface area contributed by atoms with Gasteiger partial charge in [0.1, 0.15) is 0 Å². The Bertz CT molecular complexity index is 495. The van der Waals surface area contributed by atoms with E-state index in [1.165, 1.54) is 12.7 Å². The fraction of sp³-hybridized carbons (Fsp3) is 0.579. The second-order valence-electron chi connectivity index (χ2n) is 5.84. The highest BCUT2D eigenvalue weighted by molar-refractivity contribution is 14.0. The maximum atomic E-state index is 11.0. The molecule has 0 aliphatic heterocycles. The Hall–Kier alpha value is -1.31. The van der Waals surface area contributed by atoms with E-state index >= 15 is 0 Å². The molecular weight excluding hydrogens is 429 g/mol. The van der Waals surface area contributed by atoms with Crippen molar-refractivity contribution in [3.8, 4) is 0 Å². The standard InChI is InChI=1S/C19H31N3O2.HI/c1-4-20-19(21-14-10-6-9-13-18(23)24-3)22-15-16(2)17-11-7-5-8-12-17;/h5,7-8,11-12,16H,4,6,9-10,13-15H2,1-3H3,(H2,20,21,22);1H. The third-order valence-corrected chi connectivity index (χ3v) is 3.81. The molecule has 1 unspecified atom stereocenters. The number of carbonyl (C=O) groups excluding carboxylic acids is 1. The topological polar surface area (TPSA) is 62.7 Å². The fourth-order valence-electron chi connectivity index (χ4n) is 2.34. The van der Waals surface area contributed by atoms with Crippen LogP contribution < -0.4 is 10.6 Å². The van der Waals surface area contributed by atoms with Crippen molar-refractivity contribution in [1.82, 2.24) is 10.6 Å². The van der Waals surface area contributed by atoms with E-state index in [1.54, 1.807) is 0 Å². The van der Waals surface area contributed by atoms with E-state index in [0.29, 0.717) is 12.3 Å². The molecule has 5 nitrogen and oxygen atoms in total. The molecule has 0 saturated carbocycles. The van der Waals surface area contributed by atoms with Crippen LogP contribution in [0.3, 0.4) is 0 Å². The van der Waals surface area contributed by atoms with Crippen molar-refractivity contribution < 1.29 is 9.53 Å². The fourth-order valence-corrected chi connectivity index (χ4v) is 2.34. The van der Waals surface area contributed by atoms with E-state index in [0.717, 1.165) is 44.9 Å². The molecule has 0 spiro atoms. The number of benzene rings is 1. The van der Waals surface area contributed by atoms with Gasteiger partial charge in [0.2, 0.25) is 0 Å². The molecule has 0 aliphatic carbocycles. The number of nitrogens with one attached hydrogen (secondary N) is 2. The normalized spacial score (nSPS) is 12.0. The minimum atomic E-state index is -0.132. The summed E-state index contributed by atoms with van der Waals surface area (Å²) in [5.41, 5.74) is 1.31. The van der Waals surface area contributed by atoms with Crippen molar-refractivity contribution in [3.05, 3.63) is 35.9 Å². The molecule has 0 aromatic heterocycles. The summed E-state index contributed by atoms with van der Waals surface area (Å²) >= 11 is 0. The van der Waals surface area contributed by atoms with E-state index in [1.807, 2.05) is 6.07 Å². The summed E-state index contributed by atoms with van der Waals surface area (Å²) in [6.45, 7) is 6.70. The van der Waals surface area contributed by atoms with Crippen LogP contribution in [0.25, 0.3) is 0 Å². The van der Waals surface area contributed by atoms with Gasteiger partial charge < -0.3 is 15.4 Å². The molecule has 6 heteroatoms. The van der Waals surface area contributed by atoms with Crippen molar-refractivity contribution in [2.75, 3.05) is 26.7 Å². The largest absolute Gasteiger partial charge is 0.469 e. The second-order valence-corrected chi connectivity index (χ2v) is 5.84. The zero-order valence-electron chi connectivity index (χ0n) is 15.6. The smallest absolute Gasteiger partial charge is 0.305 e. The van der Waals surface area contributed by atoms with Crippen LogP contribution in [0.1, 0.15) is 51.0 Å². The SMILES string of the molecule is CCNC(=NCC(C)c1ccccc1)NCCCCCC(=O)OC.I. The number of esters is 1. The molecule has 1 atom stereocenters. The van der Waals surface area contributed by atoms with Crippen LogP contribution in [0.4, 0.5) is 0 Å². The lowest BCUT2D eigenvalue weighted by Crippen LogP contribution is -2.38. The molecular formula is C19H32IN3O2. The first-order valence-electron chi connectivity index (χ1n) is 8.81. The summed E-state index contributed by atoms with van der Waals surface area (Å²) in [5.74, 6) is 1.11. The molecule has 25 heavy (non-hydrogen) atoms. The first kappa shape index (κ1) is 23.7. The van der Waals surface area contributed by atoms with Gasteiger partial charge in [-0.2, -0.15) is 0 Å². The predicted molar refractivity (Wildman–Crippen MR) is 115 cm³/mol. The molecule has 0 aliphatic rings. The van der Waals surface area contributed by atoms with Crippen LogP contribution >= 0.6 is 24.0 Å². The molecule has 1 rings (SSSR count). The van der Waals surface area contributed by atoms with Gasteiger partial charge in [-0.1, -0.05) is 43.7 Å². The lowest BCUT2D eigenvalue weighted by molar-refractivity contribution is -0.140. The zero-order chi connectivity index (χ0) is 17.6. The van der Waals surface area contributed by atoms with Gasteiger partial charge in [0.15, 0.2) is 5.96 Å². The number of nitrogens with zero attached hydrogens (tertiary/aromatic N) is 1. The van der Waals surface area contributed by atoms with Crippen LogP contribution in [-0.2, 0) is 9.53 Å². The van der Waals surface area contributed by atoms with E-state index in [-0.39, 0.29) is 29.9 Å². The van der Waals surface area contributed by atoms with Crippen LogP contribution in [0, 0.1) is 0 Å². The van der Waals surface area contributed by atoms with Crippen molar-refractivity contribution in [1.29, 1.82) is 0 Å². The Morgan fingerprint density at radius 3 is 2.52 bits per heavy atom. The number of halogens is 1. The summed E-state index contributed by atoms with van der Waals surface area (Å²) in [5, 5.41) is 6.62. The summed E-state index contributed by atoms with van der Waals surface area (Å²) in [4.78, 5) is 15.7. The Kier molecular flexibility index (Phi) is 14.2. The van der Waals surface area contributed by atoms with Gasteiger partial charge in [0.25, 0.3) is 0 Å². The number of carbonyl (C=O) groups is 1. The molecule has 0 saturated heterocycles. The van der Waals surface area contributed by atoms with Crippen molar-refractivity contribution in [2.24, 2.45) is 4.99 Å². The number of hydrogen-bond acceptors (Lipinski definition) is 3. The zero-order valence-corrected chi connectivity index (χ0v) is 17.9. The van der Waals surface area contributed by atoms with Crippen LogP contribution in [0.5, 0.6) is 0 Å². The maximum Gasteiger partial charge on any atom is 0.305 e. The first-order chi connectivity index (χ1) is 11.7. The lowest BCUT2D eigenvalue weighted by Gasteiger charge is -2.13. The van der Waals surface area contributed by atoms with Crippen LogP contribution in [-0.4, -0.2) is 38.7 Å². The monoisotopic (exact) mass is 461 g/mol. The van der Waals surface area contributed by atoms with Gasteiger partial charge in [-0.15, -0.1) is 24.0 Å². The molecule has 0 radical (unpaired) electrons. The van der Waals surface area contributed by atoms with E-state index in [9.17, 15) is 4.79 Å². The van der Waals surface area contributed by atoms with E-state index < -0.39 is 0 Å². The van der Waals surface area contributed by atoms with E-state index in [2.05, 4.69) is 58.5 Å². The van der Waals surface area contributed by atoms with Crippen LogP contribution in [0.2, 0.25) is 0 Å². The van der Waals surface area contributed by atoms with Gasteiger partial charge >= 0.3 is 5.97 Å². The van der Waals surface area contributed by atoms with Gasteiger partial charge in [0, 0.05) is 32.0 Å². The number of aliphatic imine (C=N–C) groups is 1. The third-order valence-electron chi connectivity index (χ3n) is 3.81. The molecule has 0 fully saturated rings. The number of methoxy groups -OCH3 is 1. The maximum absolute atomic E-state index is 11.0. The van der Waals surface area contributed by atoms with Gasteiger partial charge in [-0.3, -0.25) is 9.79 Å². The molecule has 0 bridgehead atoms. The number of guanidine groups is 1. The van der Waals surface area contributed by atoms with Crippen LogP contribution in [0.15, 0.2) is 35.3 Å². The second kappa shape index (κ2) is 15.0. The highest BCUT2D eigenvalue weighted by Gasteiger charge is 2.05. The molecule has 142 valence electrons. The minimum absolute atomic E-state index is 0. The Morgan fingerprint density at radius 1 is 1.16 bits per heavy atom. The number of ether oxygens (including phenoxy) is 1. The van der Waals surface area contributed by atoms with Crippen molar-refractivity contribution in [3.63, 3.8) is 0 Å². The van der Waals surface area contributed by atoms with Gasteiger partial charge in [-0.25, -0.2) is 0 Å². The van der Waals surface area contributed by atoms with E-state index in [4.69, 9.17) is 0 Å². The Morgan fingerprint density at radius 2 is 1.88 bits per heavy atom. The summed E-state index contributed by atoms with van der Waals surface area (Å²) in [6.07, 6.45) is 3.38. The number of unbranched alkanes of at least 4 members (excludes halogenated alkanes) is 2. The van der Waals surface area contributed by atoms with Crippen molar-refractivity contribution >= 4 is 35.9 Å². The summed E-state index contributed by atoms with van der Waals surface area (Å²) in [7, 11) is 1.43. The average Bonchev–Trinajstić information content (AvgIpc) is 2.62. The molecule has 0 heterocycles. The molecule has 1 aromatic rings. The molecule has 1 aromatic carbocycles. The molecule has 2 N–H and O–H groups in total. The molecule has 0 amide bonds. The summed E-state index contributed by atoms with van der Waals surface area (Å²) < 4.78 is 4.63. The first-order valence-corrected chi connectivity index (χ1v) is 8.81. The quantitative estimate of drug-likeness (QED) is 0.183. The minimum Gasteiger partial charge on any atom is -0.469 e. The summed E-state index contributed by atoms with van der Waals surface area (Å²) in [6, 6.07) is 10.4. The van der Waals surface area contributed by atoms with Gasteiger partial charge in [-0.05, 0) is 25.3 Å². The number of hydrogen-bond donors (Lipinski definition) is 2. The lowest BCUT2D eigenvalue weighted by atomic mass is 10.0. The Labute approximate surface area is 169 Å². The highest BCUT2D eigenvalue weighted by Crippen LogP contribution is 2.14. The predicted octanol–water partition coefficient (Wildman–Crippen LogP) is 3.70. The number of rotatable bonds is 10. The van der Waals surface area contributed by atoms with Crippen molar-refractivity contribution in [2.45, 2.75) is 45.4 Å². The highest BCUT2D eigenvalue weighted by atomic mass is 127. The van der Waals surface area contributed by atoms with Gasteiger partial charge in [0.05, 0.1) is 7.11 Å². The Balaban J connectivity index is 0.00000576.